The number of anilines is 2. The van der Waals surface area contributed by atoms with Gasteiger partial charge < -0.3 is 10.6 Å². The molecule has 0 aliphatic heterocycles. The molecule has 20 heavy (non-hydrogen) atoms. The highest BCUT2D eigenvalue weighted by Crippen LogP contribution is 2.23. The van der Waals surface area contributed by atoms with Crippen molar-refractivity contribution in [2.75, 3.05) is 17.7 Å². The topological polar surface area (TPSA) is 102 Å². The Morgan fingerprint density at radius 3 is 2.65 bits per heavy atom. The van der Waals surface area contributed by atoms with E-state index < -0.39 is 10.0 Å². The number of hydrogen-bond donors (Lipinski definition) is 2. The lowest BCUT2D eigenvalue weighted by Crippen LogP contribution is -2.18. The molecule has 0 unspecified atom stereocenters. The second-order valence-corrected chi connectivity index (χ2v) is 6.08. The van der Waals surface area contributed by atoms with Gasteiger partial charge in [0, 0.05) is 37.4 Å². The van der Waals surface area contributed by atoms with Gasteiger partial charge in [-0.3, -0.25) is 4.98 Å². The predicted molar refractivity (Wildman–Crippen MR) is 78.6 cm³/mol. The fourth-order valence-electron chi connectivity index (χ4n) is 1.85. The van der Waals surface area contributed by atoms with E-state index in [1.54, 1.807) is 18.5 Å². The van der Waals surface area contributed by atoms with E-state index in [1.807, 2.05) is 24.1 Å². The standard InChI is InChI=1S/C13H16N4O2S/c1-17(9-10-3-2-4-16-8-10)12-5-11(14)6-13(7-12)20(15,18)19/h2-8H,9,14H2,1H3,(H2,15,18,19). The molecule has 7 heteroatoms. The molecular formula is C13H16N4O2S. The first-order valence-electron chi connectivity index (χ1n) is 5.89. The van der Waals surface area contributed by atoms with Crippen molar-refractivity contribution >= 4 is 21.4 Å². The van der Waals surface area contributed by atoms with Gasteiger partial charge in [-0.25, -0.2) is 13.6 Å². The number of primary sulfonamides is 1. The Morgan fingerprint density at radius 2 is 2.05 bits per heavy atom. The van der Waals surface area contributed by atoms with Crippen LogP contribution in [0.1, 0.15) is 5.56 Å². The van der Waals surface area contributed by atoms with Crippen LogP contribution in [0.4, 0.5) is 11.4 Å². The number of aromatic nitrogens is 1. The summed E-state index contributed by atoms with van der Waals surface area (Å²) in [5.41, 5.74) is 7.77. The fourth-order valence-corrected chi connectivity index (χ4v) is 2.43. The van der Waals surface area contributed by atoms with Crippen LogP contribution in [0.2, 0.25) is 0 Å². The molecule has 1 aromatic carbocycles. The van der Waals surface area contributed by atoms with Crippen LogP contribution in [0, 0.1) is 0 Å². The van der Waals surface area contributed by atoms with Crippen molar-refractivity contribution in [1.29, 1.82) is 0 Å². The maximum atomic E-state index is 11.4. The minimum Gasteiger partial charge on any atom is -0.399 e. The largest absolute Gasteiger partial charge is 0.399 e. The van der Waals surface area contributed by atoms with Crippen LogP contribution < -0.4 is 15.8 Å². The summed E-state index contributed by atoms with van der Waals surface area (Å²) in [6, 6.07) is 8.33. The molecule has 6 nitrogen and oxygen atoms in total. The van der Waals surface area contributed by atoms with Crippen LogP contribution in [-0.2, 0) is 16.6 Å². The molecule has 0 fully saturated rings. The number of benzene rings is 1. The Hall–Kier alpha value is -2.12. The zero-order chi connectivity index (χ0) is 14.8. The average molecular weight is 292 g/mol. The van der Waals surface area contributed by atoms with Crippen LogP contribution in [0.5, 0.6) is 0 Å². The SMILES string of the molecule is CN(Cc1cccnc1)c1cc(N)cc(S(N)(=O)=O)c1. The molecule has 0 atom stereocenters. The van der Waals surface area contributed by atoms with Gasteiger partial charge in [-0.1, -0.05) is 6.07 Å². The van der Waals surface area contributed by atoms with Crippen molar-refractivity contribution in [2.45, 2.75) is 11.4 Å². The summed E-state index contributed by atoms with van der Waals surface area (Å²) in [5.74, 6) is 0. The molecule has 0 saturated carbocycles. The second-order valence-electron chi connectivity index (χ2n) is 4.52. The molecule has 2 aromatic rings. The van der Waals surface area contributed by atoms with Crippen molar-refractivity contribution < 1.29 is 8.42 Å². The van der Waals surface area contributed by atoms with Crippen molar-refractivity contribution in [3.63, 3.8) is 0 Å². The molecule has 0 aliphatic carbocycles. The Kier molecular flexibility index (Phi) is 3.91. The molecule has 0 spiro atoms. The molecule has 0 radical (unpaired) electrons. The fraction of sp³-hybridized carbons (Fsp3) is 0.154. The van der Waals surface area contributed by atoms with E-state index in [0.29, 0.717) is 17.9 Å². The summed E-state index contributed by atoms with van der Waals surface area (Å²) in [6.07, 6.45) is 3.45. The zero-order valence-electron chi connectivity index (χ0n) is 11.0. The van der Waals surface area contributed by atoms with E-state index in [2.05, 4.69) is 4.98 Å². The van der Waals surface area contributed by atoms with E-state index in [4.69, 9.17) is 10.9 Å². The summed E-state index contributed by atoms with van der Waals surface area (Å²) < 4.78 is 22.8. The van der Waals surface area contributed by atoms with Crippen molar-refractivity contribution in [2.24, 2.45) is 5.14 Å². The highest BCUT2D eigenvalue weighted by Gasteiger charge is 2.12. The van der Waals surface area contributed by atoms with Gasteiger partial charge in [-0.2, -0.15) is 0 Å². The molecule has 0 bridgehead atoms. The van der Waals surface area contributed by atoms with Crippen LogP contribution in [0.25, 0.3) is 0 Å². The number of nitrogens with zero attached hydrogens (tertiary/aromatic N) is 2. The van der Waals surface area contributed by atoms with Crippen LogP contribution in [0.3, 0.4) is 0 Å². The third-order valence-electron chi connectivity index (χ3n) is 2.83. The van der Waals surface area contributed by atoms with Gasteiger partial charge in [-0.05, 0) is 29.8 Å². The summed E-state index contributed by atoms with van der Waals surface area (Å²) >= 11 is 0. The number of hydrogen-bond acceptors (Lipinski definition) is 5. The predicted octanol–water partition coefficient (Wildman–Crippen LogP) is 0.948. The lowest BCUT2D eigenvalue weighted by Gasteiger charge is -2.20. The van der Waals surface area contributed by atoms with Gasteiger partial charge in [-0.15, -0.1) is 0 Å². The quantitative estimate of drug-likeness (QED) is 0.817. The van der Waals surface area contributed by atoms with E-state index in [9.17, 15) is 8.42 Å². The minimum atomic E-state index is -3.77. The zero-order valence-corrected chi connectivity index (χ0v) is 11.8. The smallest absolute Gasteiger partial charge is 0.238 e. The maximum Gasteiger partial charge on any atom is 0.238 e. The summed E-state index contributed by atoms with van der Waals surface area (Å²) in [7, 11) is -1.93. The Labute approximate surface area is 118 Å². The van der Waals surface area contributed by atoms with Gasteiger partial charge in [0.15, 0.2) is 0 Å². The van der Waals surface area contributed by atoms with Gasteiger partial charge in [0.05, 0.1) is 4.90 Å². The van der Waals surface area contributed by atoms with Crippen molar-refractivity contribution in [1.82, 2.24) is 4.98 Å². The minimum absolute atomic E-state index is 0.00513. The van der Waals surface area contributed by atoms with E-state index >= 15 is 0 Å². The van der Waals surface area contributed by atoms with Gasteiger partial charge in [0.2, 0.25) is 10.0 Å². The molecule has 1 heterocycles. The first-order valence-corrected chi connectivity index (χ1v) is 7.44. The summed E-state index contributed by atoms with van der Waals surface area (Å²) in [4.78, 5) is 5.92. The Morgan fingerprint density at radius 1 is 1.30 bits per heavy atom. The maximum absolute atomic E-state index is 11.4. The molecule has 1 aromatic heterocycles. The van der Waals surface area contributed by atoms with Gasteiger partial charge >= 0.3 is 0 Å². The number of sulfonamides is 1. The summed E-state index contributed by atoms with van der Waals surface area (Å²) in [6.45, 7) is 0.585. The highest BCUT2D eigenvalue weighted by atomic mass is 32.2. The monoisotopic (exact) mass is 292 g/mol. The lowest BCUT2D eigenvalue weighted by atomic mass is 10.2. The molecule has 0 aliphatic rings. The van der Waals surface area contributed by atoms with Gasteiger partial charge in [0.1, 0.15) is 0 Å². The number of nitrogen functional groups attached to an aromatic ring is 1. The van der Waals surface area contributed by atoms with Crippen molar-refractivity contribution in [3.05, 3.63) is 48.3 Å². The molecular weight excluding hydrogens is 276 g/mol. The van der Waals surface area contributed by atoms with E-state index in [-0.39, 0.29) is 4.90 Å². The molecule has 106 valence electrons. The van der Waals surface area contributed by atoms with E-state index in [0.717, 1.165) is 5.56 Å². The van der Waals surface area contributed by atoms with Gasteiger partial charge in [0.25, 0.3) is 0 Å². The first kappa shape index (κ1) is 14.3. The molecule has 2 rings (SSSR count). The van der Waals surface area contributed by atoms with Crippen LogP contribution >= 0.6 is 0 Å². The van der Waals surface area contributed by atoms with E-state index in [1.165, 1.54) is 12.1 Å². The second kappa shape index (κ2) is 5.48. The third kappa shape index (κ3) is 3.46. The Bertz CT molecular complexity index is 702. The highest BCUT2D eigenvalue weighted by molar-refractivity contribution is 7.89. The number of pyridine rings is 1. The first-order chi connectivity index (χ1) is 9.36. The average Bonchev–Trinajstić information content (AvgIpc) is 2.38. The molecule has 4 N–H and O–H groups in total. The molecule has 0 saturated heterocycles. The lowest BCUT2D eigenvalue weighted by molar-refractivity contribution is 0.598. The number of rotatable bonds is 4. The van der Waals surface area contributed by atoms with Crippen molar-refractivity contribution in [3.8, 4) is 0 Å². The van der Waals surface area contributed by atoms with Crippen LogP contribution in [-0.4, -0.2) is 20.4 Å². The number of nitrogens with two attached hydrogens (primary N) is 2. The Balaban J connectivity index is 2.31. The third-order valence-corrected chi connectivity index (χ3v) is 3.72. The van der Waals surface area contributed by atoms with Crippen LogP contribution in [0.15, 0.2) is 47.6 Å². The normalized spacial score (nSPS) is 11.3. The molecule has 0 amide bonds. The summed E-state index contributed by atoms with van der Waals surface area (Å²) in [5, 5.41) is 5.14.